The van der Waals surface area contributed by atoms with Gasteiger partial charge in [0.15, 0.2) is 0 Å². The SMILES string of the molecule is CC(=O)C[C@@H]1[C@@]2([N+](=O)[O-])CN(C)C[C@@]1([N+](=O)[O-])c1ccccc1C2=O. The molecule has 3 atom stereocenters. The zero-order chi connectivity index (χ0) is 18.6. The maximum atomic E-state index is 13.1. The number of likely N-dealkylation sites (N-methyl/N-ethyl adjacent to an activating group) is 1. The summed E-state index contributed by atoms with van der Waals surface area (Å²) in [5, 5.41) is 24.2. The molecule has 9 nitrogen and oxygen atoms in total. The van der Waals surface area contributed by atoms with E-state index in [0.717, 1.165) is 0 Å². The average Bonchev–Trinajstić information content (AvgIpc) is 2.53. The van der Waals surface area contributed by atoms with Gasteiger partial charge in [0.05, 0.1) is 13.1 Å². The van der Waals surface area contributed by atoms with Crippen molar-refractivity contribution in [2.45, 2.75) is 24.4 Å². The Bertz CT molecular complexity index is 809. The summed E-state index contributed by atoms with van der Waals surface area (Å²) < 4.78 is 0. The minimum atomic E-state index is -2.21. The van der Waals surface area contributed by atoms with Crippen molar-refractivity contribution in [3.05, 3.63) is 55.6 Å². The van der Waals surface area contributed by atoms with E-state index in [1.165, 1.54) is 37.1 Å². The van der Waals surface area contributed by atoms with Crippen molar-refractivity contribution in [1.29, 1.82) is 0 Å². The third-order valence-corrected chi connectivity index (χ3v) is 5.35. The zero-order valence-electron chi connectivity index (χ0n) is 13.8. The third kappa shape index (κ3) is 2.05. The van der Waals surface area contributed by atoms with Crippen molar-refractivity contribution in [1.82, 2.24) is 4.90 Å². The molecule has 2 aliphatic rings. The van der Waals surface area contributed by atoms with Crippen LogP contribution in [-0.4, -0.2) is 52.0 Å². The monoisotopic (exact) mass is 347 g/mol. The lowest BCUT2D eigenvalue weighted by molar-refractivity contribution is -0.640. The standard InChI is InChI=1S/C16H17N3O6/c1-10(20)7-13-15(18(22)23)8-17(2)9-16(13,19(24)25)14(21)11-5-3-4-6-12(11)15/h3-6,13H,7-9H2,1-2H3/t13-,15+,16-/m0/s1. The molecule has 1 aliphatic carbocycles. The molecule has 3 rings (SSSR count). The summed E-state index contributed by atoms with van der Waals surface area (Å²) >= 11 is 0. The number of carbonyl (C=O) groups is 2. The molecule has 1 aliphatic heterocycles. The zero-order valence-corrected chi connectivity index (χ0v) is 13.8. The van der Waals surface area contributed by atoms with Crippen molar-refractivity contribution in [3.8, 4) is 0 Å². The second-order valence-electron chi connectivity index (χ2n) is 6.87. The summed E-state index contributed by atoms with van der Waals surface area (Å²) in [7, 11) is 1.52. The molecule has 0 radical (unpaired) electrons. The minimum absolute atomic E-state index is 0.00352. The van der Waals surface area contributed by atoms with E-state index in [1.807, 2.05) is 0 Å². The van der Waals surface area contributed by atoms with Crippen LogP contribution in [0.4, 0.5) is 0 Å². The van der Waals surface area contributed by atoms with Crippen molar-refractivity contribution in [2.75, 3.05) is 20.1 Å². The molecule has 2 bridgehead atoms. The Kier molecular flexibility index (Phi) is 3.72. The third-order valence-electron chi connectivity index (χ3n) is 5.35. The quantitative estimate of drug-likeness (QED) is 0.585. The van der Waals surface area contributed by atoms with E-state index < -0.39 is 44.8 Å². The van der Waals surface area contributed by atoms with Gasteiger partial charge in [0.2, 0.25) is 5.78 Å². The molecule has 132 valence electrons. The van der Waals surface area contributed by atoms with E-state index in [9.17, 15) is 29.8 Å². The highest BCUT2D eigenvalue weighted by Crippen LogP contribution is 2.52. The van der Waals surface area contributed by atoms with Gasteiger partial charge in [0, 0.05) is 27.4 Å². The lowest BCUT2D eigenvalue weighted by Gasteiger charge is -2.50. The average molecular weight is 347 g/mol. The van der Waals surface area contributed by atoms with Gasteiger partial charge in [-0.05, 0) is 14.0 Å². The van der Waals surface area contributed by atoms with Crippen LogP contribution in [0.1, 0.15) is 29.3 Å². The number of likely N-dealkylation sites (tertiary alicyclic amines) is 1. The van der Waals surface area contributed by atoms with Crippen molar-refractivity contribution >= 4 is 11.6 Å². The van der Waals surface area contributed by atoms with Crippen LogP contribution in [0.2, 0.25) is 0 Å². The summed E-state index contributed by atoms with van der Waals surface area (Å²) in [6, 6.07) is 5.95. The highest BCUT2D eigenvalue weighted by Gasteiger charge is 2.77. The van der Waals surface area contributed by atoms with Gasteiger partial charge in [0.25, 0.3) is 5.54 Å². The number of nitro groups is 2. The fourth-order valence-electron chi connectivity index (χ4n) is 4.47. The largest absolute Gasteiger partial charge is 0.306 e. The Morgan fingerprint density at radius 3 is 2.32 bits per heavy atom. The van der Waals surface area contributed by atoms with E-state index in [4.69, 9.17) is 0 Å². The molecule has 1 aromatic carbocycles. The van der Waals surface area contributed by atoms with Gasteiger partial charge in [-0.25, -0.2) is 0 Å². The number of piperidine rings is 1. The van der Waals surface area contributed by atoms with Gasteiger partial charge in [-0.3, -0.25) is 29.9 Å². The van der Waals surface area contributed by atoms with Gasteiger partial charge in [-0.15, -0.1) is 0 Å². The number of nitrogens with zero attached hydrogens (tertiary/aromatic N) is 3. The number of hydrogen-bond acceptors (Lipinski definition) is 7. The van der Waals surface area contributed by atoms with Crippen LogP contribution in [0, 0.1) is 26.1 Å². The summed E-state index contributed by atoms with van der Waals surface area (Å²) in [4.78, 5) is 49.3. The number of rotatable bonds is 4. The second-order valence-corrected chi connectivity index (χ2v) is 6.87. The molecule has 1 heterocycles. The smallest absolute Gasteiger partial charge is 0.300 e. The number of Topliss-reactive ketones (excluding diaryl/α,β-unsaturated/α-hetero) is 2. The summed E-state index contributed by atoms with van der Waals surface area (Å²) in [5.74, 6) is -2.51. The van der Waals surface area contributed by atoms with Crippen molar-refractivity contribution in [2.24, 2.45) is 5.92 Å². The van der Waals surface area contributed by atoms with Crippen LogP contribution >= 0.6 is 0 Å². The Morgan fingerprint density at radius 1 is 1.20 bits per heavy atom. The van der Waals surface area contributed by atoms with E-state index >= 15 is 0 Å². The van der Waals surface area contributed by atoms with Gasteiger partial charge in [-0.2, -0.15) is 0 Å². The Hall–Kier alpha value is -2.68. The first-order valence-electron chi connectivity index (χ1n) is 7.79. The summed E-state index contributed by atoms with van der Waals surface area (Å²) in [6.45, 7) is 0.865. The lowest BCUT2D eigenvalue weighted by atomic mass is 9.56. The molecule has 1 fully saturated rings. The van der Waals surface area contributed by atoms with Crippen molar-refractivity contribution < 1.29 is 19.4 Å². The molecule has 9 heteroatoms. The summed E-state index contributed by atoms with van der Waals surface area (Å²) in [5.41, 5.74) is -3.93. The van der Waals surface area contributed by atoms with Crippen LogP contribution in [-0.2, 0) is 10.3 Å². The fraction of sp³-hybridized carbons (Fsp3) is 0.500. The molecule has 1 aromatic rings. The lowest BCUT2D eigenvalue weighted by Crippen LogP contribution is -2.75. The van der Waals surface area contributed by atoms with Crippen LogP contribution < -0.4 is 0 Å². The second kappa shape index (κ2) is 5.41. The maximum absolute atomic E-state index is 13.1. The van der Waals surface area contributed by atoms with Gasteiger partial charge >= 0.3 is 5.54 Å². The highest BCUT2D eigenvalue weighted by molar-refractivity contribution is 6.06. The summed E-state index contributed by atoms with van der Waals surface area (Å²) in [6.07, 6.45) is -0.393. The van der Waals surface area contributed by atoms with Crippen molar-refractivity contribution in [3.63, 3.8) is 0 Å². The molecule has 0 saturated carbocycles. The number of ketones is 2. The van der Waals surface area contributed by atoms with E-state index in [0.29, 0.717) is 0 Å². The minimum Gasteiger partial charge on any atom is -0.300 e. The van der Waals surface area contributed by atoms with Crippen LogP contribution in [0.5, 0.6) is 0 Å². The van der Waals surface area contributed by atoms with Gasteiger partial charge in [-0.1, -0.05) is 24.3 Å². The molecule has 1 saturated heterocycles. The predicted molar refractivity (Wildman–Crippen MR) is 85.5 cm³/mol. The van der Waals surface area contributed by atoms with Gasteiger partial charge < -0.3 is 4.79 Å². The normalized spacial score (nSPS) is 31.3. The predicted octanol–water partition coefficient (Wildman–Crippen LogP) is 0.911. The molecule has 0 spiro atoms. The molecule has 0 amide bonds. The molecular formula is C16H17N3O6. The first-order chi connectivity index (χ1) is 11.7. The van der Waals surface area contributed by atoms with Gasteiger partial charge in [0.1, 0.15) is 11.7 Å². The number of benzene rings is 1. The number of carbonyl (C=O) groups excluding carboxylic acids is 2. The maximum Gasteiger partial charge on any atom is 0.306 e. The molecule has 25 heavy (non-hydrogen) atoms. The first kappa shape index (κ1) is 17.2. The Morgan fingerprint density at radius 2 is 1.76 bits per heavy atom. The molecular weight excluding hydrogens is 330 g/mol. The Labute approximate surface area is 142 Å². The van der Waals surface area contributed by atoms with Crippen LogP contribution in [0.15, 0.2) is 24.3 Å². The van der Waals surface area contributed by atoms with Crippen LogP contribution in [0.3, 0.4) is 0 Å². The number of fused-ring (bicyclic) bond motifs is 4. The molecule has 0 aromatic heterocycles. The Balaban J connectivity index is 2.43. The van der Waals surface area contributed by atoms with Crippen LogP contribution in [0.25, 0.3) is 0 Å². The fourth-order valence-corrected chi connectivity index (χ4v) is 4.47. The van der Waals surface area contributed by atoms with E-state index in [2.05, 4.69) is 0 Å². The highest BCUT2D eigenvalue weighted by atomic mass is 16.6. The first-order valence-corrected chi connectivity index (χ1v) is 7.79. The topological polar surface area (TPSA) is 124 Å². The number of hydrogen-bond donors (Lipinski definition) is 0. The van der Waals surface area contributed by atoms with E-state index in [-0.39, 0.29) is 24.2 Å². The molecule has 0 unspecified atom stereocenters. The van der Waals surface area contributed by atoms with E-state index in [1.54, 1.807) is 6.07 Å². The molecule has 0 N–H and O–H groups in total.